The predicted octanol–water partition coefficient (Wildman–Crippen LogP) is -2.03. The first-order valence-electron chi connectivity index (χ1n) is 6.75. The number of aliphatic hydroxyl groups excluding tert-OH is 2. The minimum atomic E-state index is -1.35. The quantitative estimate of drug-likeness (QED) is 0.479. The minimum absolute atomic E-state index is 0.151. The van der Waals surface area contributed by atoms with Crippen LogP contribution < -0.4 is 10.6 Å². The number of amides is 3. The lowest BCUT2D eigenvalue weighted by Gasteiger charge is -2.29. The number of β-amino-alcohol motifs (C(OH)–C–C–N with tert-alkyl or cyclic N) is 1. The van der Waals surface area contributed by atoms with Crippen molar-refractivity contribution in [2.75, 3.05) is 13.1 Å². The van der Waals surface area contributed by atoms with Gasteiger partial charge in [-0.1, -0.05) is 0 Å². The molecule has 1 rings (SSSR count). The molecule has 0 aliphatic carbocycles. The highest BCUT2D eigenvalue weighted by Gasteiger charge is 2.46. The van der Waals surface area contributed by atoms with Crippen molar-refractivity contribution in [3.05, 3.63) is 0 Å². The van der Waals surface area contributed by atoms with E-state index < -0.39 is 35.6 Å². The lowest BCUT2D eigenvalue weighted by Crippen LogP contribution is -2.55. The monoisotopic (exact) mass is 301 g/mol. The van der Waals surface area contributed by atoms with E-state index in [1.807, 2.05) is 0 Å². The summed E-state index contributed by atoms with van der Waals surface area (Å²) in [5, 5.41) is 24.6. The van der Waals surface area contributed by atoms with Crippen molar-refractivity contribution in [2.45, 2.75) is 51.5 Å². The largest absolute Gasteiger partial charge is 0.388 e. The number of carbonyl (C=O) groups is 3. The predicted molar refractivity (Wildman–Crippen MR) is 74.1 cm³/mol. The highest BCUT2D eigenvalue weighted by Crippen LogP contribution is 2.20. The van der Waals surface area contributed by atoms with Crippen LogP contribution in [0.1, 0.15) is 27.7 Å². The number of likely N-dealkylation sites (tertiary alicyclic amines) is 1. The average Bonchev–Trinajstić information content (AvgIpc) is 2.60. The molecule has 8 heteroatoms. The van der Waals surface area contributed by atoms with Crippen molar-refractivity contribution in [3.63, 3.8) is 0 Å². The van der Waals surface area contributed by atoms with Crippen LogP contribution in [-0.2, 0) is 14.4 Å². The maximum atomic E-state index is 12.2. The number of nitrogens with zero attached hydrogens (tertiary/aromatic N) is 1. The summed E-state index contributed by atoms with van der Waals surface area (Å²) in [6.45, 7) is 6.14. The molecule has 3 atom stereocenters. The molecular weight excluding hydrogens is 278 g/mol. The summed E-state index contributed by atoms with van der Waals surface area (Å²) in [6, 6.07) is -1.17. The number of rotatable bonds is 3. The average molecular weight is 301 g/mol. The topological polar surface area (TPSA) is 119 Å². The van der Waals surface area contributed by atoms with Crippen molar-refractivity contribution < 1.29 is 24.6 Å². The lowest BCUT2D eigenvalue weighted by molar-refractivity contribution is -0.141. The first kappa shape index (κ1) is 17.4. The first-order chi connectivity index (χ1) is 9.53. The van der Waals surface area contributed by atoms with Crippen molar-refractivity contribution in [1.82, 2.24) is 15.5 Å². The highest BCUT2D eigenvalue weighted by atomic mass is 16.3. The maximum absolute atomic E-state index is 12.2. The third kappa shape index (κ3) is 4.68. The summed E-state index contributed by atoms with van der Waals surface area (Å²) in [5.41, 5.74) is -0.531. The van der Waals surface area contributed by atoms with E-state index >= 15 is 0 Å². The molecule has 4 N–H and O–H groups in total. The minimum Gasteiger partial charge on any atom is -0.388 e. The number of aliphatic hydroxyl groups is 2. The van der Waals surface area contributed by atoms with E-state index in [-0.39, 0.29) is 19.0 Å². The van der Waals surface area contributed by atoms with Gasteiger partial charge >= 0.3 is 0 Å². The molecule has 1 aliphatic heterocycles. The van der Waals surface area contributed by atoms with Gasteiger partial charge < -0.3 is 25.7 Å². The first-order valence-corrected chi connectivity index (χ1v) is 6.75. The SMILES string of the molecule is CC(=O)NCC(=O)N1C[C@H](O)[C@H](O)[C@H]1C(=O)NC(C)(C)C. The molecule has 1 aliphatic rings. The van der Waals surface area contributed by atoms with Crippen LogP contribution in [0.15, 0.2) is 0 Å². The standard InChI is InChI=1S/C13H23N3O5/c1-7(17)14-5-9(19)16-6-8(18)11(20)10(16)12(21)15-13(2,3)4/h8,10-11,18,20H,5-6H2,1-4H3,(H,14,17)(H,15,21)/t8-,10-,11-/m0/s1. The summed E-state index contributed by atoms with van der Waals surface area (Å²) in [6.07, 6.45) is -2.55. The van der Waals surface area contributed by atoms with Crippen LogP contribution in [0.4, 0.5) is 0 Å². The third-order valence-corrected chi connectivity index (χ3v) is 3.01. The molecule has 0 bridgehead atoms. The Labute approximate surface area is 123 Å². The van der Waals surface area contributed by atoms with Crippen LogP contribution in [0.5, 0.6) is 0 Å². The van der Waals surface area contributed by atoms with Gasteiger partial charge in [0.15, 0.2) is 0 Å². The summed E-state index contributed by atoms with van der Waals surface area (Å²) in [7, 11) is 0. The van der Waals surface area contributed by atoms with Gasteiger partial charge in [-0.15, -0.1) is 0 Å². The molecule has 0 aromatic rings. The van der Waals surface area contributed by atoms with Crippen LogP contribution in [0, 0.1) is 0 Å². The number of carbonyl (C=O) groups excluding carboxylic acids is 3. The molecule has 120 valence electrons. The van der Waals surface area contributed by atoms with Crippen LogP contribution in [-0.4, -0.2) is 69.7 Å². The molecule has 0 saturated carbocycles. The van der Waals surface area contributed by atoms with E-state index in [0.717, 1.165) is 4.90 Å². The number of nitrogens with one attached hydrogen (secondary N) is 2. The van der Waals surface area contributed by atoms with Crippen LogP contribution in [0.25, 0.3) is 0 Å². The summed E-state index contributed by atoms with van der Waals surface area (Å²) in [4.78, 5) is 36.2. The van der Waals surface area contributed by atoms with Gasteiger partial charge in [-0.2, -0.15) is 0 Å². The highest BCUT2D eigenvalue weighted by molar-refractivity contribution is 5.91. The normalized spacial score (nSPS) is 25.6. The van der Waals surface area contributed by atoms with Crippen LogP contribution in [0.2, 0.25) is 0 Å². The third-order valence-electron chi connectivity index (χ3n) is 3.01. The molecule has 0 unspecified atom stereocenters. The molecule has 21 heavy (non-hydrogen) atoms. The molecule has 8 nitrogen and oxygen atoms in total. The molecular formula is C13H23N3O5. The molecule has 1 saturated heterocycles. The summed E-state index contributed by atoms with van der Waals surface area (Å²) in [5.74, 6) is -1.45. The van der Waals surface area contributed by atoms with E-state index in [1.54, 1.807) is 20.8 Å². The smallest absolute Gasteiger partial charge is 0.246 e. The second kappa shape index (κ2) is 6.40. The van der Waals surface area contributed by atoms with Gasteiger partial charge in [0, 0.05) is 12.5 Å². The molecule has 3 amide bonds. The van der Waals surface area contributed by atoms with Gasteiger partial charge in [0.05, 0.1) is 19.2 Å². The van der Waals surface area contributed by atoms with Gasteiger partial charge in [-0.25, -0.2) is 0 Å². The Morgan fingerprint density at radius 2 is 1.81 bits per heavy atom. The Morgan fingerprint density at radius 3 is 2.29 bits per heavy atom. The van der Waals surface area contributed by atoms with Gasteiger partial charge in [-0.05, 0) is 20.8 Å². The fourth-order valence-electron chi connectivity index (χ4n) is 2.12. The van der Waals surface area contributed by atoms with E-state index in [4.69, 9.17) is 0 Å². The van der Waals surface area contributed by atoms with E-state index in [9.17, 15) is 24.6 Å². The van der Waals surface area contributed by atoms with Crippen molar-refractivity contribution in [2.24, 2.45) is 0 Å². The Bertz CT molecular complexity index is 432. The number of hydrogen-bond donors (Lipinski definition) is 4. The molecule has 0 spiro atoms. The van der Waals surface area contributed by atoms with E-state index in [2.05, 4.69) is 10.6 Å². The fraction of sp³-hybridized carbons (Fsp3) is 0.769. The molecule has 0 radical (unpaired) electrons. The van der Waals surface area contributed by atoms with Crippen LogP contribution in [0.3, 0.4) is 0 Å². The fourth-order valence-corrected chi connectivity index (χ4v) is 2.12. The Morgan fingerprint density at radius 1 is 1.24 bits per heavy atom. The van der Waals surface area contributed by atoms with Crippen molar-refractivity contribution in [3.8, 4) is 0 Å². The second-order valence-corrected chi connectivity index (χ2v) is 6.20. The zero-order valence-corrected chi connectivity index (χ0v) is 12.7. The Hall–Kier alpha value is -1.67. The zero-order chi connectivity index (χ0) is 16.4. The molecule has 0 aromatic carbocycles. The lowest BCUT2D eigenvalue weighted by atomic mass is 10.1. The maximum Gasteiger partial charge on any atom is 0.246 e. The Balaban J connectivity index is 2.83. The molecule has 1 fully saturated rings. The van der Waals surface area contributed by atoms with E-state index in [1.165, 1.54) is 6.92 Å². The second-order valence-electron chi connectivity index (χ2n) is 6.20. The van der Waals surface area contributed by atoms with Crippen molar-refractivity contribution in [1.29, 1.82) is 0 Å². The van der Waals surface area contributed by atoms with Crippen molar-refractivity contribution >= 4 is 17.7 Å². The molecule has 1 heterocycles. The Kier molecular flexibility index (Phi) is 5.30. The van der Waals surface area contributed by atoms with Gasteiger partial charge in [0.1, 0.15) is 12.1 Å². The summed E-state index contributed by atoms with van der Waals surface area (Å²) >= 11 is 0. The summed E-state index contributed by atoms with van der Waals surface area (Å²) < 4.78 is 0. The van der Waals surface area contributed by atoms with E-state index in [0.29, 0.717) is 0 Å². The van der Waals surface area contributed by atoms with Gasteiger partial charge in [0.25, 0.3) is 0 Å². The zero-order valence-electron chi connectivity index (χ0n) is 12.7. The molecule has 0 aromatic heterocycles. The van der Waals surface area contributed by atoms with Gasteiger partial charge in [0.2, 0.25) is 17.7 Å². The number of hydrogen-bond acceptors (Lipinski definition) is 5. The van der Waals surface area contributed by atoms with Gasteiger partial charge in [-0.3, -0.25) is 14.4 Å². The van der Waals surface area contributed by atoms with Crippen LogP contribution >= 0.6 is 0 Å².